The molecule has 3 heteroatoms. The highest BCUT2D eigenvalue weighted by Gasteiger charge is 2.15. The zero-order chi connectivity index (χ0) is 15.7. The van der Waals surface area contributed by atoms with Crippen molar-refractivity contribution >= 4 is 11.0 Å². The fourth-order valence-electron chi connectivity index (χ4n) is 2.65. The van der Waals surface area contributed by atoms with Crippen LogP contribution in [0.2, 0.25) is 0 Å². The Balaban J connectivity index is 1.88. The van der Waals surface area contributed by atoms with Crippen molar-refractivity contribution < 1.29 is 4.74 Å². The van der Waals surface area contributed by atoms with E-state index in [2.05, 4.69) is 55.0 Å². The van der Waals surface area contributed by atoms with Crippen molar-refractivity contribution in [2.45, 2.75) is 39.7 Å². The van der Waals surface area contributed by atoms with Crippen LogP contribution in [0.4, 0.5) is 0 Å². The van der Waals surface area contributed by atoms with E-state index in [1.54, 1.807) is 0 Å². The number of aromatic nitrogens is 2. The lowest BCUT2D eigenvalue weighted by Gasteiger charge is -2.17. The summed E-state index contributed by atoms with van der Waals surface area (Å²) in [5, 5.41) is 0. The van der Waals surface area contributed by atoms with Crippen molar-refractivity contribution in [1.82, 2.24) is 9.97 Å². The molecule has 1 heterocycles. The predicted octanol–water partition coefficient (Wildman–Crippen LogP) is 5.13. The van der Waals surface area contributed by atoms with Gasteiger partial charge in [0.2, 0.25) is 0 Å². The van der Waals surface area contributed by atoms with Crippen LogP contribution in [-0.4, -0.2) is 9.97 Å². The smallest absolute Gasteiger partial charge is 0.153 e. The van der Waals surface area contributed by atoms with Crippen LogP contribution < -0.4 is 4.74 Å². The molecule has 0 amide bonds. The Morgan fingerprint density at radius 1 is 1.05 bits per heavy atom. The highest BCUT2D eigenvalue weighted by molar-refractivity contribution is 5.75. The molecule has 22 heavy (non-hydrogen) atoms. The van der Waals surface area contributed by atoms with Crippen LogP contribution in [0.25, 0.3) is 11.0 Å². The summed E-state index contributed by atoms with van der Waals surface area (Å²) in [5.41, 5.74) is 4.48. The Hall–Kier alpha value is -2.29. The third kappa shape index (κ3) is 2.84. The molecule has 0 saturated carbocycles. The average molecular weight is 294 g/mol. The van der Waals surface area contributed by atoms with E-state index in [1.807, 2.05) is 25.1 Å². The van der Waals surface area contributed by atoms with Gasteiger partial charge in [0, 0.05) is 0 Å². The van der Waals surface area contributed by atoms with Gasteiger partial charge in [-0.1, -0.05) is 38.1 Å². The monoisotopic (exact) mass is 294 g/mol. The van der Waals surface area contributed by atoms with E-state index in [4.69, 9.17) is 4.74 Å². The van der Waals surface area contributed by atoms with E-state index < -0.39 is 0 Å². The molecule has 0 unspecified atom stereocenters. The molecular formula is C19H22N2O. The van der Waals surface area contributed by atoms with Gasteiger partial charge in [-0.25, -0.2) is 4.98 Å². The number of H-pyrrole nitrogens is 1. The zero-order valence-corrected chi connectivity index (χ0v) is 13.6. The SMILES string of the molecule is Cc1ccc2nc([C@@H](C)Oc3ccccc3C(C)C)[nH]c2c1. The van der Waals surface area contributed by atoms with Crippen LogP contribution in [0.1, 0.15) is 49.7 Å². The van der Waals surface area contributed by atoms with Crippen LogP contribution in [0.15, 0.2) is 42.5 Å². The Bertz CT molecular complexity index is 789. The van der Waals surface area contributed by atoms with E-state index in [0.29, 0.717) is 5.92 Å². The number of aryl methyl sites for hydroxylation is 1. The summed E-state index contributed by atoms with van der Waals surface area (Å²) >= 11 is 0. The molecule has 3 rings (SSSR count). The first kappa shape index (κ1) is 14.6. The van der Waals surface area contributed by atoms with Crippen LogP contribution >= 0.6 is 0 Å². The second-order valence-electron chi connectivity index (χ2n) is 6.10. The number of para-hydroxylation sites is 1. The molecule has 1 atom stereocenters. The summed E-state index contributed by atoms with van der Waals surface area (Å²) in [5.74, 6) is 2.22. The number of nitrogens with zero attached hydrogens (tertiary/aromatic N) is 1. The fourth-order valence-corrected chi connectivity index (χ4v) is 2.65. The van der Waals surface area contributed by atoms with Crippen molar-refractivity contribution in [3.8, 4) is 5.75 Å². The molecule has 0 spiro atoms. The number of benzene rings is 2. The first-order valence-electron chi connectivity index (χ1n) is 7.76. The van der Waals surface area contributed by atoms with Crippen molar-refractivity contribution in [3.05, 3.63) is 59.4 Å². The number of hydrogen-bond donors (Lipinski definition) is 1. The van der Waals surface area contributed by atoms with Gasteiger partial charge in [-0.05, 0) is 49.1 Å². The lowest BCUT2D eigenvalue weighted by atomic mass is 10.0. The van der Waals surface area contributed by atoms with Crippen LogP contribution in [-0.2, 0) is 0 Å². The highest BCUT2D eigenvalue weighted by Crippen LogP contribution is 2.30. The second-order valence-corrected chi connectivity index (χ2v) is 6.10. The van der Waals surface area contributed by atoms with Gasteiger partial charge in [0.05, 0.1) is 11.0 Å². The van der Waals surface area contributed by atoms with E-state index >= 15 is 0 Å². The number of rotatable bonds is 4. The largest absolute Gasteiger partial charge is 0.483 e. The summed E-state index contributed by atoms with van der Waals surface area (Å²) in [6.07, 6.45) is -0.118. The van der Waals surface area contributed by atoms with Crippen molar-refractivity contribution in [3.63, 3.8) is 0 Å². The fraction of sp³-hybridized carbons (Fsp3) is 0.316. The van der Waals surface area contributed by atoms with E-state index in [0.717, 1.165) is 22.6 Å². The van der Waals surface area contributed by atoms with Crippen molar-refractivity contribution in [2.75, 3.05) is 0 Å². The molecule has 2 aromatic carbocycles. The zero-order valence-electron chi connectivity index (χ0n) is 13.6. The van der Waals surface area contributed by atoms with Gasteiger partial charge in [0.1, 0.15) is 11.6 Å². The molecule has 0 saturated heterocycles. The Kier molecular flexibility index (Phi) is 3.88. The van der Waals surface area contributed by atoms with E-state index in [1.165, 1.54) is 11.1 Å². The third-order valence-electron chi connectivity index (χ3n) is 3.89. The number of imidazole rings is 1. The molecule has 0 aliphatic carbocycles. The molecule has 0 radical (unpaired) electrons. The minimum atomic E-state index is -0.118. The van der Waals surface area contributed by atoms with Crippen LogP contribution in [0.3, 0.4) is 0 Å². The molecule has 3 aromatic rings. The third-order valence-corrected chi connectivity index (χ3v) is 3.89. The Morgan fingerprint density at radius 3 is 2.59 bits per heavy atom. The number of aromatic amines is 1. The summed E-state index contributed by atoms with van der Waals surface area (Å²) in [6, 6.07) is 14.4. The van der Waals surface area contributed by atoms with Gasteiger partial charge < -0.3 is 9.72 Å². The van der Waals surface area contributed by atoms with Gasteiger partial charge in [0.25, 0.3) is 0 Å². The molecule has 0 aliphatic rings. The number of fused-ring (bicyclic) bond motifs is 1. The Labute approximate surface area is 131 Å². The number of nitrogens with one attached hydrogen (secondary N) is 1. The van der Waals surface area contributed by atoms with E-state index in [9.17, 15) is 0 Å². The maximum Gasteiger partial charge on any atom is 0.153 e. The predicted molar refractivity (Wildman–Crippen MR) is 90.4 cm³/mol. The average Bonchev–Trinajstić information content (AvgIpc) is 2.90. The molecule has 1 aromatic heterocycles. The minimum absolute atomic E-state index is 0.118. The van der Waals surface area contributed by atoms with E-state index in [-0.39, 0.29) is 6.10 Å². The number of hydrogen-bond acceptors (Lipinski definition) is 2. The molecule has 114 valence electrons. The van der Waals surface area contributed by atoms with Gasteiger partial charge in [-0.15, -0.1) is 0 Å². The molecular weight excluding hydrogens is 272 g/mol. The standard InChI is InChI=1S/C19H22N2O/c1-12(2)15-7-5-6-8-18(15)22-14(4)19-20-16-10-9-13(3)11-17(16)21-19/h5-12,14H,1-4H3,(H,20,21)/t14-/m1/s1. The summed E-state index contributed by atoms with van der Waals surface area (Å²) in [4.78, 5) is 8.01. The summed E-state index contributed by atoms with van der Waals surface area (Å²) in [7, 11) is 0. The van der Waals surface area contributed by atoms with Crippen LogP contribution in [0, 0.1) is 6.92 Å². The van der Waals surface area contributed by atoms with Crippen LogP contribution in [0.5, 0.6) is 5.75 Å². The quantitative estimate of drug-likeness (QED) is 0.724. The normalized spacial score (nSPS) is 12.8. The van der Waals surface area contributed by atoms with Crippen molar-refractivity contribution in [2.24, 2.45) is 0 Å². The highest BCUT2D eigenvalue weighted by atomic mass is 16.5. The Morgan fingerprint density at radius 2 is 1.82 bits per heavy atom. The first-order chi connectivity index (χ1) is 10.5. The lowest BCUT2D eigenvalue weighted by Crippen LogP contribution is -2.07. The molecule has 0 aliphatic heterocycles. The second kappa shape index (κ2) is 5.84. The van der Waals surface area contributed by atoms with Crippen molar-refractivity contribution in [1.29, 1.82) is 0 Å². The number of ether oxygens (including phenoxy) is 1. The lowest BCUT2D eigenvalue weighted by molar-refractivity contribution is 0.215. The maximum absolute atomic E-state index is 6.16. The van der Waals surface area contributed by atoms with Gasteiger partial charge in [-0.2, -0.15) is 0 Å². The minimum Gasteiger partial charge on any atom is -0.483 e. The van der Waals surface area contributed by atoms with Gasteiger partial charge in [-0.3, -0.25) is 0 Å². The summed E-state index contributed by atoms with van der Waals surface area (Å²) < 4.78 is 6.16. The molecule has 0 bridgehead atoms. The molecule has 1 N–H and O–H groups in total. The molecule has 3 nitrogen and oxygen atoms in total. The van der Waals surface area contributed by atoms with Gasteiger partial charge in [0.15, 0.2) is 6.10 Å². The molecule has 0 fully saturated rings. The summed E-state index contributed by atoms with van der Waals surface area (Å²) in [6.45, 7) is 8.47. The van der Waals surface area contributed by atoms with Gasteiger partial charge >= 0.3 is 0 Å². The maximum atomic E-state index is 6.16. The topological polar surface area (TPSA) is 37.9 Å². The first-order valence-corrected chi connectivity index (χ1v) is 7.76.